The highest BCUT2D eigenvalue weighted by Crippen LogP contribution is 2.17. The van der Waals surface area contributed by atoms with E-state index < -0.39 is 5.97 Å². The molecule has 1 amide bonds. The minimum absolute atomic E-state index is 0.113. The van der Waals surface area contributed by atoms with Gasteiger partial charge in [-0.05, 0) is 25.5 Å². The number of benzene rings is 1. The van der Waals surface area contributed by atoms with Gasteiger partial charge < -0.3 is 10.0 Å². The molecule has 0 aliphatic heterocycles. The number of carbonyl (C=O) groups excluding carboxylic acids is 1. The quantitative estimate of drug-likeness (QED) is 0.704. The molecule has 1 rings (SSSR count). The molecule has 0 heterocycles. The lowest BCUT2D eigenvalue weighted by Crippen LogP contribution is -2.35. The van der Waals surface area contributed by atoms with Gasteiger partial charge in [0.15, 0.2) is 0 Å². The van der Waals surface area contributed by atoms with Crippen molar-refractivity contribution in [3.05, 3.63) is 29.8 Å². The zero-order chi connectivity index (χ0) is 15.7. The average Bonchev–Trinajstić information content (AvgIpc) is 2.45. The Morgan fingerprint density at radius 3 is 2.24 bits per heavy atom. The van der Waals surface area contributed by atoms with Crippen molar-refractivity contribution in [2.45, 2.75) is 52.4 Å². The van der Waals surface area contributed by atoms with Gasteiger partial charge in [-0.25, -0.2) is 0 Å². The number of hydrogen-bond acceptors (Lipinski definition) is 2. The standard InChI is InChI=1S/C17H25NO3/c1-3-4-5-6-7-8-16(19)18(13-17(20)21)15-11-9-14(2)10-12-15/h9-12H,3-8,13H2,1-2H3,(H,20,21). The van der Waals surface area contributed by atoms with Crippen LogP contribution in [0.4, 0.5) is 5.69 Å². The van der Waals surface area contributed by atoms with Crippen molar-refractivity contribution in [2.75, 3.05) is 11.4 Å². The maximum absolute atomic E-state index is 12.3. The monoisotopic (exact) mass is 291 g/mol. The highest BCUT2D eigenvalue weighted by atomic mass is 16.4. The molecule has 0 fully saturated rings. The molecule has 0 saturated heterocycles. The van der Waals surface area contributed by atoms with Gasteiger partial charge in [0, 0.05) is 12.1 Å². The number of nitrogens with zero attached hydrogens (tertiary/aromatic N) is 1. The van der Waals surface area contributed by atoms with Crippen LogP contribution in [0.5, 0.6) is 0 Å². The van der Waals surface area contributed by atoms with Crippen molar-refractivity contribution in [2.24, 2.45) is 0 Å². The van der Waals surface area contributed by atoms with Gasteiger partial charge in [0.1, 0.15) is 6.54 Å². The fourth-order valence-electron chi connectivity index (χ4n) is 2.20. The van der Waals surface area contributed by atoms with Crippen molar-refractivity contribution >= 4 is 17.6 Å². The van der Waals surface area contributed by atoms with Crippen molar-refractivity contribution in [1.82, 2.24) is 0 Å². The van der Waals surface area contributed by atoms with Gasteiger partial charge in [-0.15, -0.1) is 0 Å². The first-order valence-corrected chi connectivity index (χ1v) is 7.63. The van der Waals surface area contributed by atoms with E-state index in [4.69, 9.17) is 5.11 Å². The number of rotatable bonds is 9. The summed E-state index contributed by atoms with van der Waals surface area (Å²) in [6.07, 6.45) is 5.74. The summed E-state index contributed by atoms with van der Waals surface area (Å²) in [5.74, 6) is -1.10. The number of anilines is 1. The first-order chi connectivity index (χ1) is 10.0. The van der Waals surface area contributed by atoms with E-state index in [0.29, 0.717) is 12.1 Å². The van der Waals surface area contributed by atoms with Crippen LogP contribution >= 0.6 is 0 Å². The molecule has 4 nitrogen and oxygen atoms in total. The largest absolute Gasteiger partial charge is 0.480 e. The summed E-state index contributed by atoms with van der Waals surface area (Å²) in [6, 6.07) is 7.37. The second-order valence-electron chi connectivity index (χ2n) is 5.37. The maximum atomic E-state index is 12.3. The number of aliphatic carboxylic acids is 1. The van der Waals surface area contributed by atoms with Gasteiger partial charge in [0.25, 0.3) is 0 Å². The highest BCUT2D eigenvalue weighted by molar-refractivity contribution is 5.97. The third-order valence-electron chi connectivity index (χ3n) is 3.43. The number of carbonyl (C=O) groups is 2. The molecule has 0 unspecified atom stereocenters. The second kappa shape index (κ2) is 9.16. The fourth-order valence-corrected chi connectivity index (χ4v) is 2.20. The van der Waals surface area contributed by atoms with Gasteiger partial charge in [-0.2, -0.15) is 0 Å². The summed E-state index contributed by atoms with van der Waals surface area (Å²) >= 11 is 0. The molecule has 1 aromatic rings. The SMILES string of the molecule is CCCCCCCC(=O)N(CC(=O)O)c1ccc(C)cc1. The lowest BCUT2D eigenvalue weighted by molar-refractivity contribution is -0.136. The predicted octanol–water partition coefficient (Wildman–Crippen LogP) is 3.77. The molecule has 21 heavy (non-hydrogen) atoms. The second-order valence-corrected chi connectivity index (χ2v) is 5.37. The van der Waals surface area contributed by atoms with Crippen LogP contribution in [-0.2, 0) is 9.59 Å². The maximum Gasteiger partial charge on any atom is 0.323 e. The summed E-state index contributed by atoms with van der Waals surface area (Å²) in [5, 5.41) is 9.00. The molecule has 1 N–H and O–H groups in total. The zero-order valence-corrected chi connectivity index (χ0v) is 13.0. The molecule has 0 aliphatic carbocycles. The van der Waals surface area contributed by atoms with Crippen LogP contribution in [-0.4, -0.2) is 23.5 Å². The van der Waals surface area contributed by atoms with Crippen molar-refractivity contribution in [3.63, 3.8) is 0 Å². The normalized spacial score (nSPS) is 10.4. The molecule has 1 aromatic carbocycles. The lowest BCUT2D eigenvalue weighted by Gasteiger charge is -2.21. The Labute approximate surface area is 126 Å². The van der Waals surface area contributed by atoms with Gasteiger partial charge in [-0.3, -0.25) is 9.59 Å². The first-order valence-electron chi connectivity index (χ1n) is 7.63. The molecule has 0 spiro atoms. The summed E-state index contributed by atoms with van der Waals surface area (Å²) in [4.78, 5) is 24.6. The molecular weight excluding hydrogens is 266 g/mol. The molecule has 4 heteroatoms. The van der Waals surface area contributed by atoms with E-state index in [1.165, 1.54) is 17.7 Å². The van der Waals surface area contributed by atoms with Crippen LogP contribution in [0, 0.1) is 6.92 Å². The minimum Gasteiger partial charge on any atom is -0.480 e. The van der Waals surface area contributed by atoms with Gasteiger partial charge in [0.2, 0.25) is 5.91 Å². The predicted molar refractivity (Wildman–Crippen MR) is 84.5 cm³/mol. The average molecular weight is 291 g/mol. The van der Waals surface area contributed by atoms with Crippen molar-refractivity contribution in [1.29, 1.82) is 0 Å². The number of aryl methyl sites for hydroxylation is 1. The van der Waals surface area contributed by atoms with E-state index in [9.17, 15) is 9.59 Å². The Balaban J connectivity index is 2.62. The molecule has 0 radical (unpaired) electrons. The Morgan fingerprint density at radius 2 is 1.67 bits per heavy atom. The minimum atomic E-state index is -0.991. The van der Waals surface area contributed by atoms with E-state index in [1.54, 1.807) is 12.1 Å². The van der Waals surface area contributed by atoms with Gasteiger partial charge >= 0.3 is 5.97 Å². The van der Waals surface area contributed by atoms with Crippen LogP contribution < -0.4 is 4.90 Å². The molecule has 0 aliphatic rings. The number of carboxylic acid groups (broad SMARTS) is 1. The molecule has 0 atom stereocenters. The van der Waals surface area contributed by atoms with Crippen LogP contribution in [0.2, 0.25) is 0 Å². The van der Waals surface area contributed by atoms with Crippen LogP contribution in [0.25, 0.3) is 0 Å². The van der Waals surface area contributed by atoms with Crippen molar-refractivity contribution < 1.29 is 14.7 Å². The highest BCUT2D eigenvalue weighted by Gasteiger charge is 2.18. The topological polar surface area (TPSA) is 57.6 Å². The summed E-state index contributed by atoms with van der Waals surface area (Å²) in [6.45, 7) is 3.83. The Kier molecular flexibility index (Phi) is 7.51. The third kappa shape index (κ3) is 6.43. The van der Waals surface area contributed by atoms with Crippen LogP contribution in [0.15, 0.2) is 24.3 Å². The van der Waals surface area contributed by atoms with Crippen molar-refractivity contribution in [3.8, 4) is 0 Å². The van der Waals surface area contributed by atoms with Crippen LogP contribution in [0.1, 0.15) is 51.0 Å². The van der Waals surface area contributed by atoms with Gasteiger partial charge in [-0.1, -0.05) is 50.3 Å². The number of carboxylic acids is 1. The summed E-state index contributed by atoms with van der Waals surface area (Å²) in [7, 11) is 0. The van der Waals surface area contributed by atoms with E-state index in [2.05, 4.69) is 6.92 Å². The van der Waals surface area contributed by atoms with Gasteiger partial charge in [0.05, 0.1) is 0 Å². The van der Waals surface area contributed by atoms with E-state index in [1.807, 2.05) is 19.1 Å². The molecule has 0 aromatic heterocycles. The Morgan fingerprint density at radius 1 is 1.05 bits per heavy atom. The number of amides is 1. The van der Waals surface area contributed by atoms with E-state index in [0.717, 1.165) is 24.8 Å². The molecule has 0 bridgehead atoms. The smallest absolute Gasteiger partial charge is 0.323 e. The molecule has 0 saturated carbocycles. The Bertz CT molecular complexity index is 454. The van der Waals surface area contributed by atoms with Crippen LogP contribution in [0.3, 0.4) is 0 Å². The number of unbranched alkanes of at least 4 members (excludes halogenated alkanes) is 4. The Hall–Kier alpha value is -1.84. The first kappa shape index (κ1) is 17.2. The van der Waals surface area contributed by atoms with E-state index in [-0.39, 0.29) is 12.5 Å². The molecular formula is C17H25NO3. The summed E-state index contributed by atoms with van der Waals surface area (Å²) in [5.41, 5.74) is 1.74. The lowest BCUT2D eigenvalue weighted by atomic mass is 10.1. The molecule has 116 valence electrons. The fraction of sp³-hybridized carbons (Fsp3) is 0.529. The number of hydrogen-bond donors (Lipinski definition) is 1. The zero-order valence-electron chi connectivity index (χ0n) is 13.0. The summed E-state index contributed by atoms with van der Waals surface area (Å²) < 4.78 is 0. The van der Waals surface area contributed by atoms with E-state index >= 15 is 0 Å². The third-order valence-corrected chi connectivity index (χ3v) is 3.43.